The van der Waals surface area contributed by atoms with Crippen molar-refractivity contribution in [1.82, 2.24) is 10.2 Å². The molecular weight excluding hydrogens is 410 g/mol. The molecule has 4 rings (SSSR count). The van der Waals surface area contributed by atoms with Gasteiger partial charge in [0.2, 0.25) is 11.7 Å². The number of hydrogen-bond donors (Lipinski definition) is 3. The molecule has 0 radical (unpaired) electrons. The van der Waals surface area contributed by atoms with Gasteiger partial charge in [-0.25, -0.2) is 8.78 Å². The van der Waals surface area contributed by atoms with Crippen LogP contribution in [0.3, 0.4) is 0 Å². The smallest absolute Gasteiger partial charge is 0.286 e. The molecule has 2 heterocycles. The fourth-order valence-electron chi connectivity index (χ4n) is 3.45. The van der Waals surface area contributed by atoms with Crippen LogP contribution in [-0.4, -0.2) is 42.3 Å². The van der Waals surface area contributed by atoms with Gasteiger partial charge in [0, 0.05) is 31.3 Å². The Hall–Kier alpha value is -3.79. The summed E-state index contributed by atoms with van der Waals surface area (Å²) in [5.41, 5.74) is 5.63. The quantitative estimate of drug-likeness (QED) is 0.575. The lowest BCUT2D eigenvalue weighted by atomic mass is 10.1. The number of nitrogens with zero attached hydrogens (tertiary/aromatic N) is 1. The molecule has 0 atom stereocenters. The third kappa shape index (κ3) is 4.10. The van der Waals surface area contributed by atoms with Crippen molar-refractivity contribution < 1.29 is 27.6 Å². The molecule has 1 aliphatic rings. The van der Waals surface area contributed by atoms with E-state index in [4.69, 9.17) is 10.2 Å². The number of hydrogen-bond acceptors (Lipinski definition) is 5. The van der Waals surface area contributed by atoms with Crippen LogP contribution < -0.4 is 16.4 Å². The summed E-state index contributed by atoms with van der Waals surface area (Å²) >= 11 is 0. The van der Waals surface area contributed by atoms with E-state index in [2.05, 4.69) is 10.6 Å². The maximum Gasteiger partial charge on any atom is 0.286 e. The summed E-state index contributed by atoms with van der Waals surface area (Å²) in [7, 11) is 0. The molecule has 0 bridgehead atoms. The molecule has 1 aromatic heterocycles. The first-order valence-corrected chi connectivity index (χ1v) is 9.43. The van der Waals surface area contributed by atoms with Gasteiger partial charge in [-0.3, -0.25) is 14.4 Å². The van der Waals surface area contributed by atoms with Crippen LogP contribution >= 0.6 is 0 Å². The van der Waals surface area contributed by atoms with E-state index in [0.717, 1.165) is 11.6 Å². The van der Waals surface area contributed by atoms with Crippen LogP contribution in [0.15, 0.2) is 40.8 Å². The van der Waals surface area contributed by atoms with Gasteiger partial charge in [0.25, 0.3) is 11.8 Å². The Morgan fingerprint density at radius 1 is 1.23 bits per heavy atom. The number of benzene rings is 2. The van der Waals surface area contributed by atoms with Gasteiger partial charge >= 0.3 is 0 Å². The van der Waals surface area contributed by atoms with Crippen LogP contribution in [0, 0.1) is 11.6 Å². The predicted molar refractivity (Wildman–Crippen MR) is 107 cm³/mol. The molecule has 1 aliphatic heterocycles. The summed E-state index contributed by atoms with van der Waals surface area (Å²) in [6, 6.07) is 8.10. The number of nitrogens with one attached hydrogen (secondary N) is 2. The molecule has 2 aromatic carbocycles. The number of nitrogens with two attached hydrogens (primary N) is 1. The van der Waals surface area contributed by atoms with Gasteiger partial charge in [-0.2, -0.15) is 0 Å². The molecule has 3 amide bonds. The normalized spacial score (nSPS) is 14.1. The Morgan fingerprint density at radius 3 is 2.77 bits per heavy atom. The van der Waals surface area contributed by atoms with Gasteiger partial charge in [-0.15, -0.1) is 0 Å². The molecule has 0 aliphatic carbocycles. The van der Waals surface area contributed by atoms with Crippen molar-refractivity contribution in [3.63, 3.8) is 0 Å². The summed E-state index contributed by atoms with van der Waals surface area (Å²) in [5, 5.41) is 5.33. The third-order valence-electron chi connectivity index (χ3n) is 4.92. The molecule has 1 saturated heterocycles. The molecule has 3 aromatic rings. The highest BCUT2D eigenvalue weighted by Gasteiger charge is 2.24. The fourth-order valence-corrected chi connectivity index (χ4v) is 3.45. The van der Waals surface area contributed by atoms with E-state index in [1.54, 1.807) is 23.1 Å². The lowest BCUT2D eigenvalue weighted by molar-refractivity contribution is -0.132. The number of piperazine rings is 1. The van der Waals surface area contributed by atoms with E-state index in [9.17, 15) is 23.2 Å². The first-order valence-electron chi connectivity index (χ1n) is 9.43. The third-order valence-corrected chi connectivity index (χ3v) is 4.92. The average Bonchev–Trinajstić information content (AvgIpc) is 3.09. The zero-order valence-corrected chi connectivity index (χ0v) is 16.2. The number of rotatable bonds is 5. The van der Waals surface area contributed by atoms with Crippen LogP contribution in [0.2, 0.25) is 0 Å². The van der Waals surface area contributed by atoms with Gasteiger partial charge in [-0.05, 0) is 23.8 Å². The number of primary amides is 1. The van der Waals surface area contributed by atoms with Crippen molar-refractivity contribution in [1.29, 1.82) is 0 Å². The van der Waals surface area contributed by atoms with Crippen molar-refractivity contribution >= 4 is 34.4 Å². The van der Waals surface area contributed by atoms with Gasteiger partial charge in [0.1, 0.15) is 11.5 Å². The lowest BCUT2D eigenvalue weighted by Crippen LogP contribution is -2.47. The summed E-state index contributed by atoms with van der Waals surface area (Å²) < 4.78 is 32.9. The summed E-state index contributed by atoms with van der Waals surface area (Å²) in [6.07, 6.45) is 0. The molecule has 1 fully saturated rings. The van der Waals surface area contributed by atoms with Crippen molar-refractivity contribution in [2.24, 2.45) is 5.73 Å². The maximum atomic E-state index is 14.0. The minimum atomic E-state index is -1.04. The number of fused-ring (bicyclic) bond motifs is 1. The molecule has 8 nitrogen and oxygen atoms in total. The SMILES string of the molecule is NC(=O)c1oc2c(F)cc(F)cc2c1NC(=O)c1cccc(CN2CCNCC2=O)c1. The molecule has 0 spiro atoms. The van der Waals surface area contributed by atoms with Crippen LogP contribution in [-0.2, 0) is 11.3 Å². The molecule has 160 valence electrons. The van der Waals surface area contributed by atoms with Crippen molar-refractivity contribution in [2.45, 2.75) is 6.54 Å². The van der Waals surface area contributed by atoms with Crippen LogP contribution in [0.5, 0.6) is 0 Å². The number of amides is 3. The van der Waals surface area contributed by atoms with E-state index in [-0.39, 0.29) is 29.1 Å². The summed E-state index contributed by atoms with van der Waals surface area (Å²) in [6.45, 7) is 1.83. The highest BCUT2D eigenvalue weighted by atomic mass is 19.1. The molecule has 10 heteroatoms. The van der Waals surface area contributed by atoms with Crippen LogP contribution in [0.25, 0.3) is 11.0 Å². The lowest BCUT2D eigenvalue weighted by Gasteiger charge is -2.27. The molecule has 31 heavy (non-hydrogen) atoms. The van der Waals surface area contributed by atoms with Gasteiger partial charge in [0.15, 0.2) is 11.4 Å². The first-order chi connectivity index (χ1) is 14.8. The highest BCUT2D eigenvalue weighted by Crippen LogP contribution is 2.33. The minimum absolute atomic E-state index is 0.0406. The summed E-state index contributed by atoms with van der Waals surface area (Å²) in [5.74, 6) is -4.14. The highest BCUT2D eigenvalue weighted by molar-refractivity contribution is 6.14. The Balaban J connectivity index is 1.63. The maximum absolute atomic E-state index is 14.0. The van der Waals surface area contributed by atoms with Gasteiger partial charge < -0.3 is 25.7 Å². The second-order valence-electron chi connectivity index (χ2n) is 7.08. The number of furan rings is 1. The molecule has 4 N–H and O–H groups in total. The van der Waals surface area contributed by atoms with Crippen molar-refractivity contribution in [2.75, 3.05) is 25.0 Å². The molecular formula is C21H18F2N4O4. The van der Waals surface area contributed by atoms with Gasteiger partial charge in [0.05, 0.1) is 11.9 Å². The first kappa shape index (κ1) is 20.5. The number of halogens is 2. The Morgan fingerprint density at radius 2 is 2.03 bits per heavy atom. The largest absolute Gasteiger partial charge is 0.446 e. The van der Waals surface area contributed by atoms with E-state index >= 15 is 0 Å². The number of carbonyl (C=O) groups is 3. The van der Waals surface area contributed by atoms with Crippen molar-refractivity contribution in [3.05, 3.63) is 64.9 Å². The second kappa shape index (κ2) is 8.15. The second-order valence-corrected chi connectivity index (χ2v) is 7.08. The Labute approximate surface area is 175 Å². The zero-order valence-electron chi connectivity index (χ0n) is 16.2. The molecule has 0 unspecified atom stereocenters. The molecule has 0 saturated carbocycles. The van der Waals surface area contributed by atoms with Gasteiger partial charge in [-0.1, -0.05) is 12.1 Å². The van der Waals surface area contributed by atoms with E-state index in [1.165, 1.54) is 6.07 Å². The van der Waals surface area contributed by atoms with E-state index < -0.39 is 34.8 Å². The Bertz CT molecular complexity index is 1210. The Kier molecular flexibility index (Phi) is 5.38. The van der Waals surface area contributed by atoms with Crippen LogP contribution in [0.4, 0.5) is 14.5 Å². The fraction of sp³-hybridized carbons (Fsp3) is 0.190. The standard InChI is InChI=1S/C21H18F2N4O4/c22-13-7-14-17(19(20(24)29)31-18(14)15(23)8-13)26-21(30)12-3-1-2-11(6-12)10-27-5-4-25-9-16(27)28/h1-3,6-8,25H,4-5,9-10H2,(H2,24,29)(H,26,30). The predicted octanol–water partition coefficient (Wildman–Crippen LogP) is 1.99. The number of carbonyl (C=O) groups excluding carboxylic acids is 3. The monoisotopic (exact) mass is 428 g/mol. The van der Waals surface area contributed by atoms with Crippen molar-refractivity contribution in [3.8, 4) is 0 Å². The summed E-state index contributed by atoms with van der Waals surface area (Å²) in [4.78, 5) is 38.2. The average molecular weight is 428 g/mol. The van der Waals surface area contributed by atoms with E-state index in [0.29, 0.717) is 25.7 Å². The van der Waals surface area contributed by atoms with E-state index in [1.807, 2.05) is 0 Å². The topological polar surface area (TPSA) is 118 Å². The minimum Gasteiger partial charge on any atom is -0.446 e. The van der Waals surface area contributed by atoms with Crippen LogP contribution in [0.1, 0.15) is 26.5 Å². The zero-order chi connectivity index (χ0) is 22.1. The number of anilines is 1.